The summed E-state index contributed by atoms with van der Waals surface area (Å²) >= 11 is 0. The molecular weight excluding hydrogens is 122 g/mol. The van der Waals surface area contributed by atoms with Gasteiger partial charge in [-0.05, 0) is 26.0 Å². The zero-order valence-electron chi connectivity index (χ0n) is 6.84. The summed E-state index contributed by atoms with van der Waals surface area (Å²) in [7, 11) is 0. The number of nitrogens with zero attached hydrogens (tertiary/aromatic N) is 1. The molecular formula is C9H17N. The third-order valence-electron chi connectivity index (χ3n) is 2.18. The number of hydrogen-bond acceptors (Lipinski definition) is 1. The quantitative estimate of drug-likeness (QED) is 0.391. The molecule has 0 spiro atoms. The highest BCUT2D eigenvalue weighted by atomic mass is 14.8. The van der Waals surface area contributed by atoms with Gasteiger partial charge >= 0.3 is 0 Å². The van der Waals surface area contributed by atoms with E-state index in [0.717, 1.165) is 0 Å². The standard InChI is InChI=1S/C9H17N/c1-2-10-9-7-5-3-4-6-8-9/h2,9H,3-8H2,1H3. The molecule has 1 saturated carbocycles. The van der Waals surface area contributed by atoms with Crippen molar-refractivity contribution >= 4 is 6.21 Å². The molecule has 0 aromatic heterocycles. The van der Waals surface area contributed by atoms with Crippen LogP contribution in [0.1, 0.15) is 45.4 Å². The smallest absolute Gasteiger partial charge is 0.0495 e. The zero-order valence-corrected chi connectivity index (χ0v) is 6.84. The average molecular weight is 139 g/mol. The highest BCUT2D eigenvalue weighted by Gasteiger charge is 2.08. The summed E-state index contributed by atoms with van der Waals surface area (Å²) < 4.78 is 0. The second-order valence-corrected chi connectivity index (χ2v) is 3.05. The molecule has 1 nitrogen and oxygen atoms in total. The molecule has 0 atom stereocenters. The summed E-state index contributed by atoms with van der Waals surface area (Å²) in [6, 6.07) is 0.660. The molecule has 0 radical (unpaired) electrons. The number of rotatable bonds is 1. The van der Waals surface area contributed by atoms with Crippen molar-refractivity contribution in [1.82, 2.24) is 0 Å². The van der Waals surface area contributed by atoms with E-state index in [-0.39, 0.29) is 0 Å². The first-order valence-corrected chi connectivity index (χ1v) is 4.41. The summed E-state index contributed by atoms with van der Waals surface area (Å²) in [5.41, 5.74) is 0. The maximum Gasteiger partial charge on any atom is 0.0495 e. The maximum atomic E-state index is 4.42. The lowest BCUT2D eigenvalue weighted by Crippen LogP contribution is -2.01. The Hall–Kier alpha value is -0.330. The van der Waals surface area contributed by atoms with Crippen molar-refractivity contribution in [3.63, 3.8) is 0 Å². The van der Waals surface area contributed by atoms with Gasteiger partial charge in [-0.15, -0.1) is 0 Å². The van der Waals surface area contributed by atoms with Gasteiger partial charge in [-0.1, -0.05) is 25.7 Å². The lowest BCUT2D eigenvalue weighted by atomic mass is 10.1. The van der Waals surface area contributed by atoms with E-state index in [1.54, 1.807) is 0 Å². The highest BCUT2D eigenvalue weighted by Crippen LogP contribution is 2.19. The SMILES string of the molecule is CC=NC1CCCCCC1. The largest absolute Gasteiger partial charge is 0.295 e. The second kappa shape index (κ2) is 4.48. The van der Waals surface area contributed by atoms with Gasteiger partial charge in [0, 0.05) is 6.04 Å². The molecule has 58 valence electrons. The summed E-state index contributed by atoms with van der Waals surface area (Å²) in [5.74, 6) is 0. The molecule has 0 heterocycles. The van der Waals surface area contributed by atoms with Gasteiger partial charge in [0.05, 0.1) is 0 Å². The first kappa shape index (κ1) is 7.77. The third-order valence-corrected chi connectivity index (χ3v) is 2.18. The predicted molar refractivity (Wildman–Crippen MR) is 45.7 cm³/mol. The molecule has 0 bridgehead atoms. The van der Waals surface area contributed by atoms with Crippen LogP contribution in [0.4, 0.5) is 0 Å². The Bertz CT molecular complexity index is 99.3. The minimum atomic E-state index is 0.660. The normalized spacial score (nSPS) is 23.3. The molecule has 1 rings (SSSR count). The molecule has 0 aromatic carbocycles. The maximum absolute atomic E-state index is 4.42. The van der Waals surface area contributed by atoms with E-state index >= 15 is 0 Å². The van der Waals surface area contributed by atoms with Crippen molar-refractivity contribution in [2.24, 2.45) is 4.99 Å². The Morgan fingerprint density at radius 1 is 1.10 bits per heavy atom. The van der Waals surface area contributed by atoms with E-state index in [4.69, 9.17) is 0 Å². The average Bonchev–Trinajstić information content (AvgIpc) is 2.17. The topological polar surface area (TPSA) is 12.4 Å². The van der Waals surface area contributed by atoms with Crippen molar-refractivity contribution in [1.29, 1.82) is 0 Å². The van der Waals surface area contributed by atoms with Gasteiger partial charge in [-0.25, -0.2) is 0 Å². The Balaban J connectivity index is 2.28. The van der Waals surface area contributed by atoms with Crippen LogP contribution in [0.3, 0.4) is 0 Å². The van der Waals surface area contributed by atoms with E-state index in [2.05, 4.69) is 4.99 Å². The fraction of sp³-hybridized carbons (Fsp3) is 0.889. The van der Waals surface area contributed by atoms with Gasteiger partial charge in [-0.2, -0.15) is 0 Å². The van der Waals surface area contributed by atoms with E-state index in [9.17, 15) is 0 Å². The zero-order chi connectivity index (χ0) is 7.23. The van der Waals surface area contributed by atoms with Crippen LogP contribution in [-0.4, -0.2) is 12.3 Å². The highest BCUT2D eigenvalue weighted by molar-refractivity contribution is 5.53. The first-order valence-electron chi connectivity index (χ1n) is 4.41. The van der Waals surface area contributed by atoms with Gasteiger partial charge in [0.1, 0.15) is 0 Å². The lowest BCUT2D eigenvalue weighted by Gasteiger charge is -2.05. The van der Waals surface area contributed by atoms with Crippen LogP contribution in [0, 0.1) is 0 Å². The lowest BCUT2D eigenvalue weighted by molar-refractivity contribution is 0.587. The van der Waals surface area contributed by atoms with Crippen LogP contribution in [0.2, 0.25) is 0 Å². The Kier molecular flexibility index (Phi) is 3.48. The Morgan fingerprint density at radius 3 is 2.20 bits per heavy atom. The number of hydrogen-bond donors (Lipinski definition) is 0. The fourth-order valence-electron chi connectivity index (χ4n) is 1.62. The van der Waals surface area contributed by atoms with Crippen LogP contribution in [-0.2, 0) is 0 Å². The molecule has 1 heteroatoms. The number of aliphatic imine (C=N–C) groups is 1. The van der Waals surface area contributed by atoms with Crippen molar-refractivity contribution in [2.45, 2.75) is 51.5 Å². The summed E-state index contributed by atoms with van der Waals surface area (Å²) in [6.45, 7) is 2.02. The van der Waals surface area contributed by atoms with Crippen molar-refractivity contribution in [3.05, 3.63) is 0 Å². The predicted octanol–water partition coefficient (Wildman–Crippen LogP) is 2.80. The van der Waals surface area contributed by atoms with E-state index in [0.29, 0.717) is 6.04 Å². The van der Waals surface area contributed by atoms with Crippen LogP contribution >= 0.6 is 0 Å². The minimum absolute atomic E-state index is 0.660. The molecule has 0 aliphatic heterocycles. The molecule has 1 aliphatic rings. The molecule has 0 unspecified atom stereocenters. The Labute approximate surface area is 63.5 Å². The second-order valence-electron chi connectivity index (χ2n) is 3.05. The molecule has 1 fully saturated rings. The van der Waals surface area contributed by atoms with Crippen molar-refractivity contribution in [3.8, 4) is 0 Å². The molecule has 0 aromatic rings. The van der Waals surface area contributed by atoms with Crippen LogP contribution in [0.15, 0.2) is 4.99 Å². The van der Waals surface area contributed by atoms with Gasteiger partial charge in [-0.3, -0.25) is 4.99 Å². The van der Waals surface area contributed by atoms with Gasteiger partial charge in [0.2, 0.25) is 0 Å². The van der Waals surface area contributed by atoms with E-state index in [1.807, 2.05) is 13.1 Å². The van der Waals surface area contributed by atoms with Crippen molar-refractivity contribution in [2.75, 3.05) is 0 Å². The summed E-state index contributed by atoms with van der Waals surface area (Å²) in [6.07, 6.45) is 10.2. The molecule has 0 N–H and O–H groups in total. The van der Waals surface area contributed by atoms with Crippen LogP contribution in [0.25, 0.3) is 0 Å². The Morgan fingerprint density at radius 2 is 1.70 bits per heavy atom. The van der Waals surface area contributed by atoms with E-state index in [1.165, 1.54) is 38.5 Å². The molecule has 1 aliphatic carbocycles. The third kappa shape index (κ3) is 2.51. The van der Waals surface area contributed by atoms with Crippen LogP contribution in [0.5, 0.6) is 0 Å². The monoisotopic (exact) mass is 139 g/mol. The summed E-state index contributed by atoms with van der Waals surface area (Å²) in [5, 5.41) is 0. The molecule has 0 amide bonds. The van der Waals surface area contributed by atoms with Gasteiger partial charge < -0.3 is 0 Å². The minimum Gasteiger partial charge on any atom is -0.295 e. The first-order chi connectivity index (χ1) is 4.93. The summed E-state index contributed by atoms with van der Waals surface area (Å²) in [4.78, 5) is 4.42. The van der Waals surface area contributed by atoms with E-state index < -0.39 is 0 Å². The van der Waals surface area contributed by atoms with Crippen LogP contribution < -0.4 is 0 Å². The fourth-order valence-corrected chi connectivity index (χ4v) is 1.62. The molecule has 0 saturated heterocycles. The van der Waals surface area contributed by atoms with Crippen molar-refractivity contribution < 1.29 is 0 Å². The van der Waals surface area contributed by atoms with Gasteiger partial charge in [0.15, 0.2) is 0 Å². The van der Waals surface area contributed by atoms with Gasteiger partial charge in [0.25, 0.3) is 0 Å². The molecule has 10 heavy (non-hydrogen) atoms.